The molecule has 0 saturated carbocycles. The van der Waals surface area contributed by atoms with E-state index in [1.54, 1.807) is 0 Å². The van der Waals surface area contributed by atoms with Crippen molar-refractivity contribution >= 4 is 12.0 Å². The van der Waals surface area contributed by atoms with Crippen LogP contribution < -0.4 is 4.90 Å². The molecule has 0 aliphatic carbocycles. The first-order valence-electron chi connectivity index (χ1n) is 4.43. The fraction of sp³-hybridized carbons (Fsp3) is 0.444. The van der Waals surface area contributed by atoms with Crippen LogP contribution in [0.2, 0.25) is 0 Å². The van der Waals surface area contributed by atoms with Gasteiger partial charge in [-0.25, -0.2) is 19.7 Å². The van der Waals surface area contributed by atoms with Gasteiger partial charge in [0, 0.05) is 11.4 Å². The molecule has 1 amide bonds. The second-order valence-electron chi connectivity index (χ2n) is 3.22. The lowest BCUT2D eigenvalue weighted by molar-refractivity contribution is 0.181. The first-order chi connectivity index (χ1) is 6.66. The minimum atomic E-state index is -0.366. The van der Waals surface area contributed by atoms with Crippen LogP contribution in [0.3, 0.4) is 0 Å². The van der Waals surface area contributed by atoms with E-state index < -0.39 is 0 Å². The Morgan fingerprint density at radius 1 is 1.36 bits per heavy atom. The second kappa shape index (κ2) is 3.25. The molecule has 1 fully saturated rings. The van der Waals surface area contributed by atoms with E-state index in [0.717, 1.165) is 11.4 Å². The van der Waals surface area contributed by atoms with Gasteiger partial charge in [0.2, 0.25) is 5.95 Å². The molecule has 1 aliphatic heterocycles. The Kier molecular flexibility index (Phi) is 2.07. The Labute approximate surface area is 81.7 Å². The van der Waals surface area contributed by atoms with Gasteiger partial charge in [-0.1, -0.05) is 0 Å². The molecule has 0 radical (unpaired) electrons. The summed E-state index contributed by atoms with van der Waals surface area (Å²) in [5.41, 5.74) is 1.71. The van der Waals surface area contributed by atoms with E-state index in [1.165, 1.54) is 4.90 Å². The number of hydrogen-bond donors (Lipinski definition) is 0. The van der Waals surface area contributed by atoms with Crippen LogP contribution >= 0.6 is 0 Å². The Morgan fingerprint density at radius 2 is 2.00 bits per heavy atom. The summed E-state index contributed by atoms with van der Waals surface area (Å²) in [4.78, 5) is 21.0. The Bertz CT molecular complexity index is 358. The van der Waals surface area contributed by atoms with E-state index in [0.29, 0.717) is 19.1 Å². The van der Waals surface area contributed by atoms with Crippen molar-refractivity contribution < 1.29 is 9.53 Å². The SMILES string of the molecule is Cc1cc(C)nc(N2CCOC2=O)n1. The van der Waals surface area contributed by atoms with Crippen molar-refractivity contribution in [2.24, 2.45) is 0 Å². The smallest absolute Gasteiger partial charge is 0.416 e. The highest BCUT2D eigenvalue weighted by Gasteiger charge is 2.25. The molecule has 0 unspecified atom stereocenters. The zero-order valence-corrected chi connectivity index (χ0v) is 8.15. The third-order valence-electron chi connectivity index (χ3n) is 1.97. The van der Waals surface area contributed by atoms with Crippen LogP contribution in [-0.4, -0.2) is 29.2 Å². The highest BCUT2D eigenvalue weighted by molar-refractivity contribution is 5.87. The molecular formula is C9H11N3O2. The third-order valence-corrected chi connectivity index (χ3v) is 1.97. The number of carbonyl (C=O) groups is 1. The predicted molar refractivity (Wildman–Crippen MR) is 50.2 cm³/mol. The van der Waals surface area contributed by atoms with Gasteiger partial charge in [-0.15, -0.1) is 0 Å². The summed E-state index contributed by atoms with van der Waals surface area (Å²) in [6.07, 6.45) is -0.366. The number of aromatic nitrogens is 2. The summed E-state index contributed by atoms with van der Waals surface area (Å²) >= 11 is 0. The van der Waals surface area contributed by atoms with Crippen LogP contribution in [-0.2, 0) is 4.74 Å². The van der Waals surface area contributed by atoms with Crippen LogP contribution in [0.4, 0.5) is 10.7 Å². The summed E-state index contributed by atoms with van der Waals surface area (Å²) in [6, 6.07) is 1.87. The van der Waals surface area contributed by atoms with Gasteiger partial charge in [0.15, 0.2) is 0 Å². The van der Waals surface area contributed by atoms with Gasteiger partial charge in [0.1, 0.15) is 6.61 Å². The van der Waals surface area contributed by atoms with Crippen molar-refractivity contribution in [2.45, 2.75) is 13.8 Å². The maximum Gasteiger partial charge on any atom is 0.416 e. The van der Waals surface area contributed by atoms with Gasteiger partial charge in [0.05, 0.1) is 6.54 Å². The summed E-state index contributed by atoms with van der Waals surface area (Å²) in [5, 5.41) is 0. The lowest BCUT2D eigenvalue weighted by atomic mass is 10.3. The predicted octanol–water partition coefficient (Wildman–Crippen LogP) is 1.05. The topological polar surface area (TPSA) is 55.3 Å². The fourth-order valence-corrected chi connectivity index (χ4v) is 1.40. The molecule has 1 aromatic heterocycles. The van der Waals surface area contributed by atoms with Gasteiger partial charge in [-0.2, -0.15) is 0 Å². The number of rotatable bonds is 1. The van der Waals surface area contributed by atoms with Crippen molar-refractivity contribution in [1.29, 1.82) is 0 Å². The zero-order valence-electron chi connectivity index (χ0n) is 8.15. The zero-order chi connectivity index (χ0) is 10.1. The average Bonchev–Trinajstić information content (AvgIpc) is 2.49. The summed E-state index contributed by atoms with van der Waals surface area (Å²) in [6.45, 7) is 4.69. The van der Waals surface area contributed by atoms with Crippen LogP contribution in [0.5, 0.6) is 0 Å². The minimum Gasteiger partial charge on any atom is -0.447 e. The van der Waals surface area contributed by atoms with Gasteiger partial charge >= 0.3 is 6.09 Å². The third kappa shape index (κ3) is 1.53. The molecule has 74 valence electrons. The van der Waals surface area contributed by atoms with E-state index in [2.05, 4.69) is 9.97 Å². The molecule has 2 heterocycles. The second-order valence-corrected chi connectivity index (χ2v) is 3.22. The maximum atomic E-state index is 11.2. The van der Waals surface area contributed by atoms with Crippen molar-refractivity contribution in [3.63, 3.8) is 0 Å². The van der Waals surface area contributed by atoms with Gasteiger partial charge < -0.3 is 4.74 Å². The molecule has 14 heavy (non-hydrogen) atoms. The standard InChI is InChI=1S/C9H11N3O2/c1-6-5-7(2)11-8(10-6)12-3-4-14-9(12)13/h5H,3-4H2,1-2H3. The van der Waals surface area contributed by atoms with Crippen LogP contribution in [0.1, 0.15) is 11.4 Å². The molecule has 0 aromatic carbocycles. The Morgan fingerprint density at radius 3 is 2.50 bits per heavy atom. The minimum absolute atomic E-state index is 0.366. The molecule has 0 spiro atoms. The quantitative estimate of drug-likeness (QED) is 0.669. The molecule has 2 rings (SSSR count). The number of cyclic esters (lactones) is 1. The monoisotopic (exact) mass is 193 g/mol. The number of carbonyl (C=O) groups excluding carboxylic acids is 1. The first-order valence-corrected chi connectivity index (χ1v) is 4.43. The van der Waals surface area contributed by atoms with E-state index in [4.69, 9.17) is 4.74 Å². The average molecular weight is 193 g/mol. The number of amides is 1. The molecule has 1 aliphatic rings. The van der Waals surface area contributed by atoms with Gasteiger partial charge in [-0.3, -0.25) is 0 Å². The van der Waals surface area contributed by atoms with E-state index in [1.807, 2.05) is 19.9 Å². The number of aryl methyl sites for hydroxylation is 2. The van der Waals surface area contributed by atoms with Crippen LogP contribution in [0.25, 0.3) is 0 Å². The van der Waals surface area contributed by atoms with Crippen LogP contribution in [0.15, 0.2) is 6.07 Å². The highest BCUT2D eigenvalue weighted by atomic mass is 16.6. The number of anilines is 1. The molecule has 5 nitrogen and oxygen atoms in total. The molecule has 5 heteroatoms. The van der Waals surface area contributed by atoms with Crippen molar-refractivity contribution in [2.75, 3.05) is 18.1 Å². The lowest BCUT2D eigenvalue weighted by Crippen LogP contribution is -2.26. The molecular weight excluding hydrogens is 182 g/mol. The number of nitrogens with zero attached hydrogens (tertiary/aromatic N) is 3. The lowest BCUT2D eigenvalue weighted by Gasteiger charge is -2.10. The van der Waals surface area contributed by atoms with E-state index >= 15 is 0 Å². The van der Waals surface area contributed by atoms with E-state index in [-0.39, 0.29) is 6.09 Å². The Hall–Kier alpha value is -1.65. The van der Waals surface area contributed by atoms with Crippen LogP contribution in [0, 0.1) is 13.8 Å². The van der Waals surface area contributed by atoms with Crippen molar-refractivity contribution in [3.05, 3.63) is 17.5 Å². The van der Waals surface area contributed by atoms with Gasteiger partial charge in [0.25, 0.3) is 0 Å². The van der Waals surface area contributed by atoms with E-state index in [9.17, 15) is 4.79 Å². The highest BCUT2D eigenvalue weighted by Crippen LogP contribution is 2.14. The molecule has 0 atom stereocenters. The van der Waals surface area contributed by atoms with Gasteiger partial charge in [-0.05, 0) is 19.9 Å². The molecule has 0 N–H and O–H groups in total. The molecule has 0 bridgehead atoms. The normalized spacial score (nSPS) is 15.9. The largest absolute Gasteiger partial charge is 0.447 e. The fourth-order valence-electron chi connectivity index (χ4n) is 1.40. The summed E-state index contributed by atoms with van der Waals surface area (Å²) in [7, 11) is 0. The summed E-state index contributed by atoms with van der Waals surface area (Å²) in [5.74, 6) is 0.435. The first kappa shape index (κ1) is 8.93. The molecule has 1 saturated heterocycles. The molecule has 1 aromatic rings. The van der Waals surface area contributed by atoms with Crippen molar-refractivity contribution in [1.82, 2.24) is 9.97 Å². The Balaban J connectivity index is 2.35. The maximum absolute atomic E-state index is 11.2. The van der Waals surface area contributed by atoms with Crippen molar-refractivity contribution in [3.8, 4) is 0 Å². The number of ether oxygens (including phenoxy) is 1. The summed E-state index contributed by atoms with van der Waals surface area (Å²) < 4.78 is 4.81. The number of hydrogen-bond acceptors (Lipinski definition) is 4.